The molecule has 0 radical (unpaired) electrons. The summed E-state index contributed by atoms with van der Waals surface area (Å²) >= 11 is 8.29. The lowest BCUT2D eigenvalue weighted by atomic mass is 10.3. The van der Waals surface area contributed by atoms with Gasteiger partial charge in [0, 0.05) is 5.02 Å². The van der Waals surface area contributed by atoms with Gasteiger partial charge in [-0.05, 0) is 30.3 Å². The van der Waals surface area contributed by atoms with Crippen LogP contribution in [0.25, 0.3) is 0 Å². The second kappa shape index (κ2) is 8.89. The van der Waals surface area contributed by atoms with Crippen LogP contribution in [-0.2, 0) is 4.79 Å². The molecule has 1 aromatic carbocycles. The number of nitrogens with zero attached hydrogens (tertiary/aromatic N) is 2. The van der Waals surface area contributed by atoms with Gasteiger partial charge >= 0.3 is 0 Å². The van der Waals surface area contributed by atoms with Crippen molar-refractivity contribution in [1.29, 1.82) is 0 Å². The van der Waals surface area contributed by atoms with E-state index in [4.69, 9.17) is 20.8 Å². The van der Waals surface area contributed by atoms with Crippen molar-refractivity contribution in [1.82, 2.24) is 10.2 Å². The maximum Gasteiger partial charge on any atom is 0.293 e. The Morgan fingerprint density at radius 3 is 2.89 bits per heavy atom. The van der Waals surface area contributed by atoms with Crippen molar-refractivity contribution in [2.45, 2.75) is 4.34 Å². The maximum atomic E-state index is 12.1. The predicted molar refractivity (Wildman–Crippen MR) is 104 cm³/mol. The molecule has 0 aliphatic carbocycles. The van der Waals surface area contributed by atoms with Crippen LogP contribution in [0.5, 0.6) is 5.75 Å². The van der Waals surface area contributed by atoms with Gasteiger partial charge in [0.2, 0.25) is 11.0 Å². The van der Waals surface area contributed by atoms with Crippen molar-refractivity contribution in [2.24, 2.45) is 0 Å². The van der Waals surface area contributed by atoms with E-state index in [2.05, 4.69) is 20.8 Å². The molecule has 8 nitrogen and oxygen atoms in total. The summed E-state index contributed by atoms with van der Waals surface area (Å²) in [7, 11) is 1.51. The molecule has 0 aliphatic rings. The molecule has 3 rings (SSSR count). The molecule has 2 N–H and O–H groups in total. The SMILES string of the molecule is COc1ccc(Cl)cc1NC(=O)CSc1nnc(NC(=O)c2ccco2)s1. The number of carbonyl (C=O) groups is 2. The van der Waals surface area contributed by atoms with Gasteiger partial charge < -0.3 is 14.5 Å². The predicted octanol–water partition coefficient (Wildman–Crippen LogP) is 3.78. The van der Waals surface area contributed by atoms with Crippen LogP contribution in [0.15, 0.2) is 45.4 Å². The first kappa shape index (κ1) is 19.2. The molecule has 0 spiro atoms. The highest BCUT2D eigenvalue weighted by atomic mass is 35.5. The highest BCUT2D eigenvalue weighted by molar-refractivity contribution is 8.01. The van der Waals surface area contributed by atoms with Crippen LogP contribution in [0.4, 0.5) is 10.8 Å². The zero-order valence-electron chi connectivity index (χ0n) is 13.9. The van der Waals surface area contributed by atoms with Gasteiger partial charge in [0.15, 0.2) is 10.1 Å². The third-order valence-corrected chi connectivity index (χ3v) is 5.34. The maximum absolute atomic E-state index is 12.1. The van der Waals surface area contributed by atoms with Crippen molar-refractivity contribution < 1.29 is 18.7 Å². The summed E-state index contributed by atoms with van der Waals surface area (Å²) in [6.45, 7) is 0. The number of nitrogens with one attached hydrogen (secondary N) is 2. The Labute approximate surface area is 167 Å². The molecular weight excluding hydrogens is 412 g/mol. The summed E-state index contributed by atoms with van der Waals surface area (Å²) in [6, 6.07) is 8.11. The zero-order valence-corrected chi connectivity index (χ0v) is 16.3. The van der Waals surface area contributed by atoms with Crippen LogP contribution < -0.4 is 15.4 Å². The highest BCUT2D eigenvalue weighted by Gasteiger charge is 2.14. The van der Waals surface area contributed by atoms with Gasteiger partial charge in [-0.3, -0.25) is 14.9 Å². The minimum Gasteiger partial charge on any atom is -0.495 e. The van der Waals surface area contributed by atoms with E-state index < -0.39 is 5.91 Å². The molecule has 27 heavy (non-hydrogen) atoms. The average Bonchev–Trinajstić information content (AvgIpc) is 3.32. The Bertz CT molecular complexity index is 946. The topological polar surface area (TPSA) is 106 Å². The van der Waals surface area contributed by atoms with Crippen LogP contribution in [-0.4, -0.2) is 34.9 Å². The number of ether oxygens (including phenoxy) is 1. The lowest BCUT2D eigenvalue weighted by Gasteiger charge is -2.09. The Morgan fingerprint density at radius 1 is 1.30 bits per heavy atom. The first-order valence-electron chi connectivity index (χ1n) is 7.49. The minimum atomic E-state index is -0.418. The quantitative estimate of drug-likeness (QED) is 0.439. The fourth-order valence-corrected chi connectivity index (χ4v) is 3.70. The van der Waals surface area contributed by atoms with Crippen LogP contribution >= 0.6 is 34.7 Å². The van der Waals surface area contributed by atoms with Crippen molar-refractivity contribution in [3.63, 3.8) is 0 Å². The van der Waals surface area contributed by atoms with E-state index in [0.29, 0.717) is 25.9 Å². The molecule has 2 aromatic heterocycles. The van der Waals surface area contributed by atoms with Crippen LogP contribution in [0.3, 0.4) is 0 Å². The van der Waals surface area contributed by atoms with E-state index in [1.807, 2.05) is 0 Å². The monoisotopic (exact) mass is 424 g/mol. The van der Waals surface area contributed by atoms with Gasteiger partial charge in [0.25, 0.3) is 5.91 Å². The molecule has 140 valence electrons. The number of amides is 2. The van der Waals surface area contributed by atoms with E-state index >= 15 is 0 Å². The second-order valence-corrected chi connectivity index (χ2v) is 7.62. The smallest absolute Gasteiger partial charge is 0.293 e. The van der Waals surface area contributed by atoms with E-state index in [1.165, 1.54) is 25.1 Å². The van der Waals surface area contributed by atoms with E-state index in [1.54, 1.807) is 30.3 Å². The number of methoxy groups -OCH3 is 1. The number of hydrogen-bond donors (Lipinski definition) is 2. The van der Waals surface area contributed by atoms with Gasteiger partial charge in [-0.15, -0.1) is 10.2 Å². The van der Waals surface area contributed by atoms with E-state index in [9.17, 15) is 9.59 Å². The lowest BCUT2D eigenvalue weighted by molar-refractivity contribution is -0.113. The molecule has 0 saturated carbocycles. The number of aromatic nitrogens is 2. The number of furan rings is 1. The molecule has 11 heteroatoms. The Kier molecular flexibility index (Phi) is 6.32. The summed E-state index contributed by atoms with van der Waals surface area (Å²) in [6.07, 6.45) is 1.41. The molecule has 2 heterocycles. The Morgan fingerprint density at radius 2 is 2.15 bits per heavy atom. The number of thioether (sulfide) groups is 1. The van der Waals surface area contributed by atoms with Gasteiger partial charge in [-0.25, -0.2) is 0 Å². The first-order chi connectivity index (χ1) is 13.0. The van der Waals surface area contributed by atoms with Gasteiger partial charge in [-0.1, -0.05) is 34.7 Å². The summed E-state index contributed by atoms with van der Waals surface area (Å²) in [5, 5.41) is 13.9. The van der Waals surface area contributed by atoms with Gasteiger partial charge in [0.1, 0.15) is 5.75 Å². The largest absolute Gasteiger partial charge is 0.495 e. The van der Waals surface area contributed by atoms with Gasteiger partial charge in [0.05, 0.1) is 24.8 Å². The fourth-order valence-electron chi connectivity index (χ4n) is 1.98. The number of benzene rings is 1. The van der Waals surface area contributed by atoms with E-state index in [-0.39, 0.29) is 17.4 Å². The first-order valence-corrected chi connectivity index (χ1v) is 9.67. The average molecular weight is 425 g/mol. The Balaban J connectivity index is 1.53. The number of carbonyl (C=O) groups excluding carboxylic acids is 2. The minimum absolute atomic E-state index is 0.108. The van der Waals surface area contributed by atoms with Crippen LogP contribution in [0.1, 0.15) is 10.6 Å². The molecule has 0 bridgehead atoms. The second-order valence-electron chi connectivity index (χ2n) is 4.99. The van der Waals surface area contributed by atoms with Crippen molar-refractivity contribution in [3.05, 3.63) is 47.4 Å². The molecule has 0 unspecified atom stereocenters. The third-order valence-electron chi connectivity index (χ3n) is 3.13. The lowest BCUT2D eigenvalue weighted by Crippen LogP contribution is -2.14. The molecular formula is C16H13ClN4O4S2. The zero-order chi connectivity index (χ0) is 19.2. The van der Waals surface area contributed by atoms with E-state index in [0.717, 1.165) is 11.3 Å². The molecule has 0 fully saturated rings. The van der Waals surface area contributed by atoms with Crippen LogP contribution in [0.2, 0.25) is 5.02 Å². The van der Waals surface area contributed by atoms with Crippen molar-refractivity contribution in [3.8, 4) is 5.75 Å². The number of halogens is 1. The van der Waals surface area contributed by atoms with Crippen molar-refractivity contribution in [2.75, 3.05) is 23.5 Å². The van der Waals surface area contributed by atoms with Crippen molar-refractivity contribution >= 4 is 57.3 Å². The summed E-state index contributed by atoms with van der Waals surface area (Å²) in [5.74, 6) is 0.123. The normalized spacial score (nSPS) is 10.4. The standard InChI is InChI=1S/C16H13ClN4O4S2/c1-24-11-5-4-9(17)7-10(11)18-13(22)8-26-16-21-20-15(27-16)19-14(23)12-3-2-6-25-12/h2-7H,8H2,1H3,(H,18,22)(H,19,20,23). The highest BCUT2D eigenvalue weighted by Crippen LogP contribution is 2.29. The molecule has 0 atom stereocenters. The summed E-state index contributed by atoms with van der Waals surface area (Å²) in [4.78, 5) is 24.0. The molecule has 0 aliphatic heterocycles. The molecule has 2 amide bonds. The molecule has 3 aromatic rings. The number of hydrogen-bond acceptors (Lipinski definition) is 8. The Hall–Kier alpha value is -2.56. The van der Waals surface area contributed by atoms with Gasteiger partial charge in [-0.2, -0.15) is 0 Å². The summed E-state index contributed by atoms with van der Waals surface area (Å²) in [5.41, 5.74) is 0.485. The number of rotatable bonds is 7. The number of anilines is 2. The third kappa shape index (κ3) is 5.22. The fraction of sp³-hybridized carbons (Fsp3) is 0.125. The summed E-state index contributed by atoms with van der Waals surface area (Å²) < 4.78 is 10.7. The van der Waals surface area contributed by atoms with Crippen LogP contribution in [0, 0.1) is 0 Å². The molecule has 0 saturated heterocycles.